The standard InChI is InChI=1S/C17H25BFNO3/c1-16(2)17(3,4)23-18(22-16)13-10-11-14(20-15(13)19)21-12-8-6-5-7-9-12/h10-12H,5-9H2,1-4H3. The molecule has 0 spiro atoms. The molecule has 0 atom stereocenters. The van der Waals surface area contributed by atoms with Crippen molar-refractivity contribution in [2.75, 3.05) is 0 Å². The van der Waals surface area contributed by atoms with Gasteiger partial charge in [-0.25, -0.2) is 0 Å². The van der Waals surface area contributed by atoms with E-state index in [1.54, 1.807) is 12.1 Å². The van der Waals surface area contributed by atoms with Crippen LogP contribution in [0.15, 0.2) is 12.1 Å². The first-order valence-electron chi connectivity index (χ1n) is 8.47. The summed E-state index contributed by atoms with van der Waals surface area (Å²) < 4.78 is 32.0. The summed E-state index contributed by atoms with van der Waals surface area (Å²) in [4.78, 5) is 3.96. The van der Waals surface area contributed by atoms with Crippen molar-refractivity contribution < 1.29 is 18.4 Å². The van der Waals surface area contributed by atoms with Crippen LogP contribution in [0.3, 0.4) is 0 Å². The molecule has 1 aliphatic heterocycles. The third kappa shape index (κ3) is 3.38. The van der Waals surface area contributed by atoms with Gasteiger partial charge in [-0.15, -0.1) is 0 Å². The van der Waals surface area contributed by atoms with Crippen LogP contribution < -0.4 is 10.2 Å². The Balaban J connectivity index is 1.72. The fourth-order valence-corrected chi connectivity index (χ4v) is 2.99. The molecule has 1 aliphatic carbocycles. The molecular formula is C17H25BFNO3. The molecule has 0 N–H and O–H groups in total. The van der Waals surface area contributed by atoms with Crippen molar-refractivity contribution in [1.29, 1.82) is 0 Å². The maximum absolute atomic E-state index is 14.4. The second-order valence-electron chi connectivity index (χ2n) is 7.50. The molecule has 1 aromatic rings. The summed E-state index contributed by atoms with van der Waals surface area (Å²) in [6.45, 7) is 7.77. The Morgan fingerprint density at radius 1 is 1.09 bits per heavy atom. The molecule has 0 amide bonds. The Kier molecular flexibility index (Phi) is 4.40. The molecule has 126 valence electrons. The summed E-state index contributed by atoms with van der Waals surface area (Å²) in [6, 6.07) is 3.36. The summed E-state index contributed by atoms with van der Waals surface area (Å²) in [5.41, 5.74) is -0.678. The predicted octanol–water partition coefficient (Wildman–Crippen LogP) is 3.23. The quantitative estimate of drug-likeness (QED) is 0.633. The van der Waals surface area contributed by atoms with Gasteiger partial charge in [0.05, 0.1) is 11.2 Å². The second-order valence-corrected chi connectivity index (χ2v) is 7.50. The van der Waals surface area contributed by atoms with Crippen LogP contribution in [0.5, 0.6) is 5.88 Å². The zero-order chi connectivity index (χ0) is 16.7. The molecule has 2 aliphatic rings. The number of halogens is 1. The van der Waals surface area contributed by atoms with Crippen molar-refractivity contribution in [2.24, 2.45) is 0 Å². The average molecular weight is 321 g/mol. The SMILES string of the molecule is CC1(C)OB(c2ccc(OC3CCCCC3)nc2F)OC1(C)C. The van der Waals surface area contributed by atoms with Crippen molar-refractivity contribution in [3.8, 4) is 5.88 Å². The van der Waals surface area contributed by atoms with E-state index in [9.17, 15) is 4.39 Å². The Labute approximate surface area is 137 Å². The van der Waals surface area contributed by atoms with Gasteiger partial charge in [0.15, 0.2) is 0 Å². The highest BCUT2D eigenvalue weighted by molar-refractivity contribution is 6.62. The Morgan fingerprint density at radius 3 is 2.26 bits per heavy atom. The van der Waals surface area contributed by atoms with Crippen LogP contribution in [0.25, 0.3) is 0 Å². The highest BCUT2D eigenvalue weighted by Gasteiger charge is 2.52. The molecule has 6 heteroatoms. The smallest absolute Gasteiger partial charge is 0.474 e. The van der Waals surface area contributed by atoms with E-state index in [2.05, 4.69) is 4.98 Å². The van der Waals surface area contributed by atoms with E-state index in [0.717, 1.165) is 12.8 Å². The van der Waals surface area contributed by atoms with E-state index in [-0.39, 0.29) is 6.10 Å². The lowest BCUT2D eigenvalue weighted by Crippen LogP contribution is -2.41. The number of aromatic nitrogens is 1. The fourth-order valence-electron chi connectivity index (χ4n) is 2.99. The van der Waals surface area contributed by atoms with Crippen LogP contribution in [0.2, 0.25) is 0 Å². The lowest BCUT2D eigenvalue weighted by molar-refractivity contribution is 0.00578. The Bertz CT molecular complexity index is 557. The number of hydrogen-bond acceptors (Lipinski definition) is 4. The predicted molar refractivity (Wildman–Crippen MR) is 87.4 cm³/mol. The van der Waals surface area contributed by atoms with Crippen LogP contribution in [-0.2, 0) is 9.31 Å². The topological polar surface area (TPSA) is 40.6 Å². The van der Waals surface area contributed by atoms with Gasteiger partial charge in [0.2, 0.25) is 11.8 Å². The van der Waals surface area contributed by atoms with Gasteiger partial charge in [-0.3, -0.25) is 0 Å². The minimum atomic E-state index is -0.740. The first-order chi connectivity index (χ1) is 10.8. The van der Waals surface area contributed by atoms with Crippen molar-refractivity contribution in [2.45, 2.75) is 77.1 Å². The van der Waals surface area contributed by atoms with Gasteiger partial charge < -0.3 is 14.0 Å². The lowest BCUT2D eigenvalue weighted by Gasteiger charge is -2.32. The molecule has 3 rings (SSSR count). The minimum absolute atomic E-state index is 0.151. The number of rotatable bonds is 3. The largest absolute Gasteiger partial charge is 0.499 e. The monoisotopic (exact) mass is 321 g/mol. The van der Waals surface area contributed by atoms with E-state index in [0.29, 0.717) is 11.3 Å². The molecule has 0 bridgehead atoms. The van der Waals surface area contributed by atoms with Gasteiger partial charge in [-0.1, -0.05) is 12.5 Å². The maximum atomic E-state index is 14.4. The van der Waals surface area contributed by atoms with E-state index in [1.165, 1.54) is 19.3 Å². The van der Waals surface area contributed by atoms with Crippen LogP contribution in [-0.4, -0.2) is 29.4 Å². The van der Waals surface area contributed by atoms with E-state index in [1.807, 2.05) is 27.7 Å². The summed E-state index contributed by atoms with van der Waals surface area (Å²) in [6.07, 6.45) is 5.77. The number of ether oxygens (including phenoxy) is 1. The molecule has 2 fully saturated rings. The molecule has 1 saturated carbocycles. The number of nitrogens with zero attached hydrogens (tertiary/aromatic N) is 1. The summed E-state index contributed by atoms with van der Waals surface area (Å²) in [5, 5.41) is 0. The number of pyridine rings is 1. The zero-order valence-corrected chi connectivity index (χ0v) is 14.4. The maximum Gasteiger partial charge on any atom is 0.499 e. The van der Waals surface area contributed by atoms with Gasteiger partial charge in [0.1, 0.15) is 6.10 Å². The first kappa shape index (κ1) is 16.7. The number of hydrogen-bond donors (Lipinski definition) is 0. The molecule has 4 nitrogen and oxygen atoms in total. The van der Waals surface area contributed by atoms with E-state index < -0.39 is 24.3 Å². The highest BCUT2D eigenvalue weighted by Crippen LogP contribution is 2.36. The van der Waals surface area contributed by atoms with Crippen LogP contribution in [0.4, 0.5) is 4.39 Å². The van der Waals surface area contributed by atoms with E-state index >= 15 is 0 Å². The molecule has 0 radical (unpaired) electrons. The van der Waals surface area contributed by atoms with Crippen molar-refractivity contribution in [3.63, 3.8) is 0 Å². The summed E-state index contributed by atoms with van der Waals surface area (Å²) >= 11 is 0. The molecule has 0 unspecified atom stereocenters. The van der Waals surface area contributed by atoms with Crippen LogP contribution >= 0.6 is 0 Å². The zero-order valence-electron chi connectivity index (χ0n) is 14.4. The average Bonchev–Trinajstić information content (AvgIpc) is 2.68. The Morgan fingerprint density at radius 2 is 1.70 bits per heavy atom. The lowest BCUT2D eigenvalue weighted by atomic mass is 9.80. The van der Waals surface area contributed by atoms with Crippen molar-refractivity contribution in [1.82, 2.24) is 4.98 Å². The first-order valence-corrected chi connectivity index (χ1v) is 8.47. The van der Waals surface area contributed by atoms with Gasteiger partial charge in [0.25, 0.3) is 0 Å². The third-order valence-corrected chi connectivity index (χ3v) is 5.20. The van der Waals surface area contributed by atoms with Crippen LogP contribution in [0, 0.1) is 5.95 Å². The Hall–Kier alpha value is -1.14. The molecular weight excluding hydrogens is 296 g/mol. The van der Waals surface area contributed by atoms with Crippen molar-refractivity contribution in [3.05, 3.63) is 18.1 Å². The third-order valence-electron chi connectivity index (χ3n) is 5.20. The molecule has 0 aromatic carbocycles. The molecule has 1 aromatic heterocycles. The van der Waals surface area contributed by atoms with Gasteiger partial charge in [-0.2, -0.15) is 9.37 Å². The van der Waals surface area contributed by atoms with Gasteiger partial charge in [-0.05, 0) is 53.4 Å². The fraction of sp³-hybridized carbons (Fsp3) is 0.706. The normalized spacial score (nSPS) is 24.0. The molecule has 23 heavy (non-hydrogen) atoms. The minimum Gasteiger partial charge on any atom is -0.474 e. The molecule has 1 saturated heterocycles. The highest BCUT2D eigenvalue weighted by atomic mass is 19.1. The van der Waals surface area contributed by atoms with Crippen LogP contribution in [0.1, 0.15) is 59.8 Å². The van der Waals surface area contributed by atoms with Crippen molar-refractivity contribution >= 4 is 12.6 Å². The summed E-state index contributed by atoms with van der Waals surface area (Å²) in [7, 11) is -0.740. The second kappa shape index (κ2) is 6.06. The van der Waals surface area contributed by atoms with Gasteiger partial charge >= 0.3 is 7.12 Å². The van der Waals surface area contributed by atoms with E-state index in [4.69, 9.17) is 14.0 Å². The molecule has 2 heterocycles. The van der Waals surface area contributed by atoms with Gasteiger partial charge in [0, 0.05) is 11.5 Å². The summed E-state index contributed by atoms with van der Waals surface area (Å²) in [5.74, 6) is -0.244.